The van der Waals surface area contributed by atoms with Crippen molar-refractivity contribution in [2.75, 3.05) is 0 Å². The molecule has 3 unspecified atom stereocenters. The molecular weight excluding hydrogens is 304 g/mol. The molecule has 1 amide bonds. The molecule has 1 N–H and O–H groups in total. The predicted octanol–water partition coefficient (Wildman–Crippen LogP) is 3.60. The fourth-order valence-corrected chi connectivity index (χ4v) is 3.76. The summed E-state index contributed by atoms with van der Waals surface area (Å²) in [5.41, 5.74) is 3.25. The lowest BCUT2D eigenvalue weighted by atomic mass is 9.90. The molecule has 1 aromatic carbocycles. The van der Waals surface area contributed by atoms with Crippen molar-refractivity contribution in [1.82, 2.24) is 5.43 Å². The van der Waals surface area contributed by atoms with Crippen LogP contribution in [-0.4, -0.2) is 12.1 Å². The highest BCUT2D eigenvalue weighted by molar-refractivity contribution is 9.10. The zero-order chi connectivity index (χ0) is 13.2. The molecular formula is C15H17BrN2O. The van der Waals surface area contributed by atoms with Gasteiger partial charge in [0, 0.05) is 16.3 Å². The van der Waals surface area contributed by atoms with Gasteiger partial charge < -0.3 is 0 Å². The Morgan fingerprint density at radius 1 is 1.37 bits per heavy atom. The van der Waals surface area contributed by atoms with E-state index in [-0.39, 0.29) is 5.91 Å². The first kappa shape index (κ1) is 12.9. The van der Waals surface area contributed by atoms with E-state index in [0.29, 0.717) is 11.5 Å². The van der Waals surface area contributed by atoms with Gasteiger partial charge in [0.1, 0.15) is 0 Å². The Kier molecular flexibility index (Phi) is 3.69. The molecule has 2 aliphatic rings. The third kappa shape index (κ3) is 2.89. The lowest BCUT2D eigenvalue weighted by molar-refractivity contribution is 0.0954. The lowest BCUT2D eigenvalue weighted by Crippen LogP contribution is -2.20. The Morgan fingerprint density at radius 2 is 2.26 bits per heavy atom. The van der Waals surface area contributed by atoms with E-state index in [2.05, 4.69) is 26.5 Å². The van der Waals surface area contributed by atoms with Crippen molar-refractivity contribution >= 4 is 28.1 Å². The molecule has 2 fully saturated rings. The second-order valence-electron chi connectivity index (χ2n) is 5.57. The molecule has 4 heteroatoms. The number of nitrogens with zero attached hydrogens (tertiary/aromatic N) is 1. The zero-order valence-corrected chi connectivity index (χ0v) is 12.3. The zero-order valence-electron chi connectivity index (χ0n) is 10.7. The first-order chi connectivity index (χ1) is 9.22. The summed E-state index contributed by atoms with van der Waals surface area (Å²) in [5.74, 6) is 2.13. The van der Waals surface area contributed by atoms with Gasteiger partial charge in [0.15, 0.2) is 0 Å². The molecule has 3 atom stereocenters. The number of benzene rings is 1. The summed E-state index contributed by atoms with van der Waals surface area (Å²) in [7, 11) is 0. The van der Waals surface area contributed by atoms with Crippen LogP contribution in [0.25, 0.3) is 0 Å². The van der Waals surface area contributed by atoms with E-state index in [1.165, 1.54) is 25.7 Å². The second-order valence-corrected chi connectivity index (χ2v) is 6.48. The second kappa shape index (κ2) is 5.45. The molecule has 1 aromatic rings. The van der Waals surface area contributed by atoms with Crippen LogP contribution in [0.3, 0.4) is 0 Å². The van der Waals surface area contributed by atoms with E-state index in [4.69, 9.17) is 0 Å². The molecule has 2 saturated carbocycles. The average molecular weight is 321 g/mol. The topological polar surface area (TPSA) is 41.5 Å². The molecule has 19 heavy (non-hydrogen) atoms. The minimum atomic E-state index is -0.152. The largest absolute Gasteiger partial charge is 0.271 e. The number of nitrogens with one attached hydrogen (secondary N) is 1. The van der Waals surface area contributed by atoms with Crippen LogP contribution < -0.4 is 5.43 Å². The molecule has 3 nitrogen and oxygen atoms in total. The number of carbonyl (C=O) groups is 1. The van der Waals surface area contributed by atoms with Gasteiger partial charge in [0.25, 0.3) is 5.91 Å². The van der Waals surface area contributed by atoms with Crippen molar-refractivity contribution in [3.05, 3.63) is 34.3 Å². The fourth-order valence-electron chi connectivity index (χ4n) is 3.36. The minimum absolute atomic E-state index is 0.152. The maximum atomic E-state index is 11.9. The number of amides is 1. The van der Waals surface area contributed by atoms with E-state index < -0.39 is 0 Å². The molecule has 0 radical (unpaired) electrons. The van der Waals surface area contributed by atoms with Crippen LogP contribution in [0.2, 0.25) is 0 Å². The Bertz CT molecular complexity index is 515. The van der Waals surface area contributed by atoms with Crippen LogP contribution in [0.15, 0.2) is 33.8 Å². The Labute approximate surface area is 121 Å². The van der Waals surface area contributed by atoms with Crippen molar-refractivity contribution in [3.63, 3.8) is 0 Å². The van der Waals surface area contributed by atoms with E-state index >= 15 is 0 Å². The number of halogens is 1. The van der Waals surface area contributed by atoms with Gasteiger partial charge >= 0.3 is 0 Å². The van der Waals surface area contributed by atoms with Crippen molar-refractivity contribution < 1.29 is 4.79 Å². The molecule has 0 aliphatic heterocycles. The van der Waals surface area contributed by atoms with Gasteiger partial charge in [0.2, 0.25) is 0 Å². The number of rotatable bonds is 3. The number of hydrogen-bond donors (Lipinski definition) is 1. The van der Waals surface area contributed by atoms with Crippen molar-refractivity contribution in [2.45, 2.75) is 25.7 Å². The van der Waals surface area contributed by atoms with Gasteiger partial charge in [-0.05, 0) is 55.2 Å². The average Bonchev–Trinajstić information content (AvgIpc) is 3.01. The van der Waals surface area contributed by atoms with Gasteiger partial charge in [-0.3, -0.25) is 4.79 Å². The number of fused-ring (bicyclic) bond motifs is 2. The van der Waals surface area contributed by atoms with E-state index in [9.17, 15) is 4.79 Å². The molecule has 2 aliphatic carbocycles. The van der Waals surface area contributed by atoms with Gasteiger partial charge in [-0.2, -0.15) is 5.10 Å². The molecule has 0 heterocycles. The van der Waals surface area contributed by atoms with Gasteiger partial charge in [-0.15, -0.1) is 0 Å². The number of hydrazone groups is 1. The molecule has 0 aromatic heterocycles. The van der Waals surface area contributed by atoms with Crippen LogP contribution in [0.5, 0.6) is 0 Å². The monoisotopic (exact) mass is 320 g/mol. The summed E-state index contributed by atoms with van der Waals surface area (Å²) < 4.78 is 0.900. The quantitative estimate of drug-likeness (QED) is 0.671. The van der Waals surface area contributed by atoms with E-state index in [1.54, 1.807) is 12.1 Å². The van der Waals surface area contributed by atoms with Gasteiger partial charge in [0.05, 0.1) is 0 Å². The predicted molar refractivity (Wildman–Crippen MR) is 79.0 cm³/mol. The third-order valence-corrected chi connectivity index (χ3v) is 4.80. The summed E-state index contributed by atoms with van der Waals surface area (Å²) in [6.45, 7) is 0. The van der Waals surface area contributed by atoms with Gasteiger partial charge in [-0.25, -0.2) is 5.43 Å². The molecule has 0 saturated heterocycles. The Morgan fingerprint density at radius 3 is 2.95 bits per heavy atom. The lowest BCUT2D eigenvalue weighted by Gasteiger charge is -2.16. The summed E-state index contributed by atoms with van der Waals surface area (Å²) >= 11 is 3.36. The highest BCUT2D eigenvalue weighted by Gasteiger charge is 2.38. The summed E-state index contributed by atoms with van der Waals surface area (Å²) in [4.78, 5) is 11.9. The normalized spacial score (nSPS) is 29.0. The Balaban J connectivity index is 1.56. The highest BCUT2D eigenvalue weighted by atomic mass is 79.9. The van der Waals surface area contributed by atoms with Crippen molar-refractivity contribution in [1.29, 1.82) is 0 Å². The standard InChI is InChI=1S/C15H17BrN2O/c16-14-3-1-2-12(8-14)15(19)18-17-9-13-7-10-4-5-11(13)6-10/h1-3,8-11,13H,4-7H2,(H,18,19)/b17-9+. The van der Waals surface area contributed by atoms with Gasteiger partial charge in [-0.1, -0.05) is 28.4 Å². The summed E-state index contributed by atoms with van der Waals surface area (Å²) in [5, 5.41) is 4.14. The first-order valence-electron chi connectivity index (χ1n) is 6.81. The third-order valence-electron chi connectivity index (χ3n) is 4.31. The van der Waals surface area contributed by atoms with Crippen molar-refractivity contribution in [2.24, 2.45) is 22.9 Å². The number of carbonyl (C=O) groups excluding carboxylic acids is 1. The Hall–Kier alpha value is -1.16. The summed E-state index contributed by atoms with van der Waals surface area (Å²) in [6.07, 6.45) is 7.28. The minimum Gasteiger partial charge on any atom is -0.267 e. The van der Waals surface area contributed by atoms with Crippen LogP contribution >= 0.6 is 15.9 Å². The molecule has 0 spiro atoms. The van der Waals surface area contributed by atoms with Crippen LogP contribution in [-0.2, 0) is 0 Å². The SMILES string of the molecule is O=C(N/N=C/C1CC2CCC1C2)c1cccc(Br)c1. The fraction of sp³-hybridized carbons (Fsp3) is 0.467. The van der Waals surface area contributed by atoms with Crippen LogP contribution in [0.1, 0.15) is 36.0 Å². The first-order valence-corrected chi connectivity index (χ1v) is 7.61. The van der Waals surface area contributed by atoms with Crippen LogP contribution in [0, 0.1) is 17.8 Å². The molecule has 100 valence electrons. The van der Waals surface area contributed by atoms with E-state index in [0.717, 1.165) is 16.3 Å². The van der Waals surface area contributed by atoms with Crippen molar-refractivity contribution in [3.8, 4) is 0 Å². The van der Waals surface area contributed by atoms with Crippen LogP contribution in [0.4, 0.5) is 0 Å². The summed E-state index contributed by atoms with van der Waals surface area (Å²) in [6, 6.07) is 7.32. The molecule has 2 bridgehead atoms. The van der Waals surface area contributed by atoms with E-state index in [1.807, 2.05) is 18.3 Å². The maximum Gasteiger partial charge on any atom is 0.271 e. The maximum absolute atomic E-state index is 11.9. The molecule has 3 rings (SSSR count). The smallest absolute Gasteiger partial charge is 0.267 e. The number of hydrogen-bond acceptors (Lipinski definition) is 2. The highest BCUT2D eigenvalue weighted by Crippen LogP contribution is 2.47.